The van der Waals surface area contributed by atoms with Gasteiger partial charge in [-0.1, -0.05) is 111 Å². The zero-order chi connectivity index (χ0) is 43.0. The summed E-state index contributed by atoms with van der Waals surface area (Å²) in [5, 5.41) is 0. The molecule has 0 heterocycles. The van der Waals surface area contributed by atoms with Gasteiger partial charge in [-0.3, -0.25) is 0 Å². The molecule has 1 aromatic carbocycles. The van der Waals surface area contributed by atoms with Gasteiger partial charge in [0.05, 0.1) is 7.11 Å². The van der Waals surface area contributed by atoms with Crippen molar-refractivity contribution in [1.29, 1.82) is 0 Å². The first-order chi connectivity index (χ1) is 27.8. The van der Waals surface area contributed by atoms with E-state index < -0.39 is 0 Å². The number of hydrogen-bond donors (Lipinski definition) is 0. The van der Waals surface area contributed by atoms with Gasteiger partial charge >= 0.3 is 5.97 Å². The molecule has 0 radical (unpaired) electrons. The van der Waals surface area contributed by atoms with E-state index in [2.05, 4.69) is 118 Å². The Morgan fingerprint density at radius 3 is 1.12 bits per heavy atom. The van der Waals surface area contributed by atoms with Crippen LogP contribution in [0.4, 0.5) is 0 Å². The maximum Gasteiger partial charge on any atom is 0.331 e. The van der Waals surface area contributed by atoms with Crippen molar-refractivity contribution in [1.82, 2.24) is 0 Å². The van der Waals surface area contributed by atoms with Crippen molar-refractivity contribution in [3.63, 3.8) is 0 Å². The first-order valence-corrected chi connectivity index (χ1v) is 22.1. The molecule has 1 rings (SSSR count). The Kier molecular flexibility index (Phi) is 29.4. The number of ether oxygens (including phenoxy) is 2. The Morgan fingerprint density at radius 2 is 0.793 bits per heavy atom. The first kappa shape index (κ1) is 51.9. The molecule has 0 saturated carbocycles. The van der Waals surface area contributed by atoms with Gasteiger partial charge in [-0.2, -0.15) is 0 Å². The van der Waals surface area contributed by atoms with Gasteiger partial charge in [0.25, 0.3) is 0 Å². The molecule has 3 heteroatoms. The number of methoxy groups -OCH3 is 1. The Morgan fingerprint density at radius 1 is 0.466 bits per heavy atom. The molecule has 0 aliphatic rings. The number of rotatable bonds is 29. The lowest BCUT2D eigenvalue weighted by molar-refractivity contribution is -0.136. The molecule has 0 saturated heterocycles. The number of esters is 1. The van der Waals surface area contributed by atoms with Crippen LogP contribution >= 0.6 is 0 Å². The molecule has 0 atom stereocenters. The number of hydrogen-bond acceptors (Lipinski definition) is 3. The van der Waals surface area contributed by atoms with Crippen LogP contribution in [-0.2, 0) is 9.53 Å². The van der Waals surface area contributed by atoms with E-state index in [0.717, 1.165) is 94.8 Å². The largest absolute Gasteiger partial charge is 0.497 e. The summed E-state index contributed by atoms with van der Waals surface area (Å²) in [7, 11) is 1.63. The summed E-state index contributed by atoms with van der Waals surface area (Å²) in [4.78, 5) is 12.1. The monoisotopic (exact) mass is 791 g/mol. The van der Waals surface area contributed by atoms with Crippen LogP contribution in [0.2, 0.25) is 0 Å². The van der Waals surface area contributed by atoms with Gasteiger partial charge < -0.3 is 9.47 Å². The van der Waals surface area contributed by atoms with E-state index >= 15 is 0 Å². The molecule has 0 aliphatic carbocycles. The highest BCUT2D eigenvalue weighted by molar-refractivity contribution is 5.87. The third-order valence-corrected chi connectivity index (χ3v) is 10.5. The quantitative estimate of drug-likeness (QED) is 0.0461. The normalized spacial score (nSPS) is 14.1. The molecule has 0 bridgehead atoms. The molecular formula is C55H82O3. The topological polar surface area (TPSA) is 35.5 Å². The molecule has 1 aromatic rings. The molecule has 0 spiro atoms. The fourth-order valence-electron chi connectivity index (χ4n) is 6.45. The van der Waals surface area contributed by atoms with Gasteiger partial charge in [0.2, 0.25) is 0 Å². The summed E-state index contributed by atoms with van der Waals surface area (Å²) in [5.74, 6) is 0.412. The maximum absolute atomic E-state index is 12.1. The highest BCUT2D eigenvalue weighted by Gasteiger charge is 2.00. The van der Waals surface area contributed by atoms with Gasteiger partial charge in [-0.05, 0) is 202 Å². The van der Waals surface area contributed by atoms with Crippen LogP contribution in [0.15, 0.2) is 135 Å². The van der Waals surface area contributed by atoms with E-state index in [0.29, 0.717) is 6.61 Å². The second-order valence-corrected chi connectivity index (χ2v) is 16.7. The minimum Gasteiger partial charge on any atom is -0.497 e. The van der Waals surface area contributed by atoms with E-state index in [9.17, 15) is 4.79 Å². The van der Waals surface area contributed by atoms with E-state index in [1.807, 2.05) is 30.3 Å². The number of allylic oxidation sites excluding steroid dienone is 17. The summed E-state index contributed by atoms with van der Waals surface area (Å²) in [6.45, 7) is 22.7. The second-order valence-electron chi connectivity index (χ2n) is 16.7. The summed E-state index contributed by atoms with van der Waals surface area (Å²) in [5.41, 5.74) is 14.0. The lowest BCUT2D eigenvalue weighted by atomic mass is 10.0. The molecule has 0 fully saturated rings. The van der Waals surface area contributed by atoms with Crippen molar-refractivity contribution in [3.8, 4) is 5.75 Å². The molecule has 0 N–H and O–H groups in total. The zero-order valence-electron chi connectivity index (χ0n) is 38.9. The predicted octanol–water partition coefficient (Wildman–Crippen LogP) is 17.0. The summed E-state index contributed by atoms with van der Waals surface area (Å²) in [6.07, 6.45) is 42.5. The number of carbonyl (C=O) groups excluding carboxylic acids is 1. The van der Waals surface area contributed by atoms with Crippen molar-refractivity contribution in [2.45, 2.75) is 172 Å². The molecule has 320 valence electrons. The van der Waals surface area contributed by atoms with Crippen molar-refractivity contribution in [2.75, 3.05) is 13.7 Å². The molecule has 0 aromatic heterocycles. The van der Waals surface area contributed by atoms with Gasteiger partial charge in [0.1, 0.15) is 12.4 Å². The minimum absolute atomic E-state index is 0.291. The molecule has 0 aliphatic heterocycles. The van der Waals surface area contributed by atoms with Crippen LogP contribution in [0.3, 0.4) is 0 Å². The molecule has 0 amide bonds. The van der Waals surface area contributed by atoms with Crippen molar-refractivity contribution in [3.05, 3.63) is 141 Å². The highest BCUT2D eigenvalue weighted by atomic mass is 16.5. The fourth-order valence-corrected chi connectivity index (χ4v) is 6.45. The van der Waals surface area contributed by atoms with Crippen LogP contribution in [0.1, 0.15) is 178 Å². The molecule has 3 nitrogen and oxygen atoms in total. The number of carbonyl (C=O) groups is 1. The molecule has 0 unspecified atom stereocenters. The smallest absolute Gasteiger partial charge is 0.331 e. The zero-order valence-corrected chi connectivity index (χ0v) is 38.9. The lowest BCUT2D eigenvalue weighted by Gasteiger charge is -2.04. The fraction of sp³-hybridized carbons (Fsp3) is 0.509. The highest BCUT2D eigenvalue weighted by Crippen LogP contribution is 2.18. The summed E-state index contributed by atoms with van der Waals surface area (Å²) < 4.78 is 10.6. The summed E-state index contributed by atoms with van der Waals surface area (Å²) >= 11 is 0. The Balaban J connectivity index is 2.23. The lowest BCUT2D eigenvalue weighted by Crippen LogP contribution is -2.00. The van der Waals surface area contributed by atoms with Crippen molar-refractivity contribution >= 4 is 12.0 Å². The van der Waals surface area contributed by atoms with Crippen LogP contribution in [-0.4, -0.2) is 19.7 Å². The maximum atomic E-state index is 12.1. The summed E-state index contributed by atoms with van der Waals surface area (Å²) in [6, 6.07) is 7.56. The predicted molar refractivity (Wildman–Crippen MR) is 256 cm³/mol. The first-order valence-electron chi connectivity index (χ1n) is 22.1. The van der Waals surface area contributed by atoms with E-state index in [-0.39, 0.29) is 5.97 Å². The SMILES string of the molecule is COc1cccc(/C=C/C(=O)OC/C=C(\C)CC/C=C(\C)CC/C=C(\C)CC/C=C(\C)CC/C=C(\C)CC/C=C(\C)CC/C=C(\C)CC/C=C(\C)CCC=C(C)C)c1. The van der Waals surface area contributed by atoms with Crippen LogP contribution in [0.5, 0.6) is 5.75 Å². The van der Waals surface area contributed by atoms with Crippen molar-refractivity contribution < 1.29 is 14.3 Å². The number of benzene rings is 1. The third kappa shape index (κ3) is 30.0. The van der Waals surface area contributed by atoms with E-state index in [4.69, 9.17) is 9.47 Å². The Bertz CT molecular complexity index is 1660. The standard InChI is InChI=1S/C55H82O3/c1-44(2)21-12-22-45(3)23-13-24-46(4)25-14-26-47(5)27-15-28-48(6)29-16-30-49(7)31-17-32-50(8)33-18-34-51(9)35-19-36-52(10)41-42-58-55(56)40-39-53-37-20-38-54(43-53)57-11/h20-21,23,25,27,29,31,33,35,37-41,43H,12-19,22,24,26,28,30,32,34,36,42H2,1-11H3/b40-39+,45-23+,46-25+,47-27+,48-29+,49-31+,50-33+,51-35+,52-41+. The average Bonchev–Trinajstić information content (AvgIpc) is 3.17. The molecular weight excluding hydrogens is 709 g/mol. The van der Waals surface area contributed by atoms with Gasteiger partial charge in [0.15, 0.2) is 0 Å². The van der Waals surface area contributed by atoms with Gasteiger partial charge in [0, 0.05) is 6.08 Å². The second kappa shape index (κ2) is 32.8. The van der Waals surface area contributed by atoms with Gasteiger partial charge in [-0.25, -0.2) is 4.79 Å². The van der Waals surface area contributed by atoms with Crippen LogP contribution in [0.25, 0.3) is 6.08 Å². The van der Waals surface area contributed by atoms with E-state index in [1.54, 1.807) is 13.2 Å². The molecule has 58 heavy (non-hydrogen) atoms. The van der Waals surface area contributed by atoms with Crippen molar-refractivity contribution in [2.24, 2.45) is 0 Å². The average molecular weight is 791 g/mol. The van der Waals surface area contributed by atoms with Crippen LogP contribution in [0, 0.1) is 0 Å². The third-order valence-electron chi connectivity index (χ3n) is 10.5. The van der Waals surface area contributed by atoms with Gasteiger partial charge in [-0.15, -0.1) is 0 Å². The van der Waals surface area contributed by atoms with E-state index in [1.165, 1.54) is 75.5 Å². The minimum atomic E-state index is -0.346. The Hall–Kier alpha value is -4.11. The van der Waals surface area contributed by atoms with Crippen LogP contribution < -0.4 is 4.74 Å². The Labute approximate surface area is 357 Å².